The first-order valence-electron chi connectivity index (χ1n) is 8.62. The van der Waals surface area contributed by atoms with Crippen molar-refractivity contribution in [3.8, 4) is 5.75 Å². The van der Waals surface area contributed by atoms with E-state index >= 15 is 0 Å². The van der Waals surface area contributed by atoms with Crippen LogP contribution < -0.4 is 10.1 Å². The van der Waals surface area contributed by atoms with Gasteiger partial charge in [0.05, 0.1) is 11.9 Å². The molecule has 4 aromatic rings. The molecule has 2 aromatic carbocycles. The number of nitrogens with one attached hydrogen (secondary N) is 2. The van der Waals surface area contributed by atoms with Gasteiger partial charge in [-0.2, -0.15) is 5.10 Å². The molecule has 2 heterocycles. The number of H-pyrrole nitrogens is 1. The Labute approximate surface area is 160 Å². The summed E-state index contributed by atoms with van der Waals surface area (Å²) in [4.78, 5) is 19.4. The third-order valence-corrected chi connectivity index (χ3v) is 4.08. The van der Waals surface area contributed by atoms with Crippen LogP contribution >= 0.6 is 0 Å². The first-order chi connectivity index (χ1) is 13.7. The normalized spacial score (nSPS) is 10.7. The number of ether oxygens (including phenoxy) is 1. The number of hydrogen-bond acceptors (Lipinski definition) is 6. The van der Waals surface area contributed by atoms with Crippen LogP contribution in [-0.4, -0.2) is 31.2 Å². The van der Waals surface area contributed by atoms with Crippen LogP contribution in [0.15, 0.2) is 60.9 Å². The highest BCUT2D eigenvalue weighted by Gasteiger charge is 2.09. The van der Waals surface area contributed by atoms with E-state index in [9.17, 15) is 4.79 Å². The molecule has 4 rings (SSSR count). The van der Waals surface area contributed by atoms with E-state index < -0.39 is 5.97 Å². The highest BCUT2D eigenvalue weighted by Crippen LogP contribution is 2.26. The summed E-state index contributed by atoms with van der Waals surface area (Å²) in [5, 5.41) is 19.5. The topological polar surface area (TPSA) is 113 Å². The van der Waals surface area contributed by atoms with Crippen molar-refractivity contribution in [1.82, 2.24) is 20.2 Å². The van der Waals surface area contributed by atoms with E-state index in [0.29, 0.717) is 29.7 Å². The molecule has 28 heavy (non-hydrogen) atoms. The van der Waals surface area contributed by atoms with Crippen molar-refractivity contribution >= 4 is 28.5 Å². The lowest BCUT2D eigenvalue weighted by molar-refractivity contribution is -0.136. The summed E-state index contributed by atoms with van der Waals surface area (Å²) in [5.41, 5.74) is 2.32. The monoisotopic (exact) mass is 375 g/mol. The molecule has 2 aromatic heterocycles. The largest absolute Gasteiger partial charge is 0.489 e. The van der Waals surface area contributed by atoms with Crippen molar-refractivity contribution < 1.29 is 14.6 Å². The molecule has 0 radical (unpaired) electrons. The Balaban J connectivity index is 1.52. The fraction of sp³-hybridized carbons (Fsp3) is 0.100. The smallest absolute Gasteiger partial charge is 0.309 e. The number of rotatable bonds is 7. The lowest BCUT2D eigenvalue weighted by atomic mass is 10.2. The fourth-order valence-corrected chi connectivity index (χ4v) is 2.77. The van der Waals surface area contributed by atoms with Gasteiger partial charge in [-0.3, -0.25) is 9.89 Å². The number of aromatic amines is 1. The molecular weight excluding hydrogens is 358 g/mol. The second kappa shape index (κ2) is 7.75. The van der Waals surface area contributed by atoms with Crippen LogP contribution in [0, 0.1) is 0 Å². The van der Waals surface area contributed by atoms with Crippen LogP contribution in [0.25, 0.3) is 10.9 Å². The van der Waals surface area contributed by atoms with E-state index in [4.69, 9.17) is 9.84 Å². The molecule has 0 aliphatic carbocycles. The summed E-state index contributed by atoms with van der Waals surface area (Å²) < 4.78 is 5.84. The number of hydrogen-bond donors (Lipinski definition) is 3. The maximum Gasteiger partial charge on any atom is 0.309 e. The molecule has 3 N–H and O–H groups in total. The van der Waals surface area contributed by atoms with Crippen molar-refractivity contribution in [2.24, 2.45) is 0 Å². The van der Waals surface area contributed by atoms with E-state index in [-0.39, 0.29) is 6.42 Å². The van der Waals surface area contributed by atoms with Crippen molar-refractivity contribution in [2.75, 3.05) is 5.32 Å². The Kier molecular flexibility index (Phi) is 4.83. The predicted octanol–water partition coefficient (Wildman–Crippen LogP) is 3.30. The maximum atomic E-state index is 10.8. The molecule has 8 heteroatoms. The van der Waals surface area contributed by atoms with Gasteiger partial charge in [-0.1, -0.05) is 30.3 Å². The maximum absolute atomic E-state index is 10.8. The van der Waals surface area contributed by atoms with E-state index in [0.717, 1.165) is 16.5 Å². The zero-order valence-electron chi connectivity index (χ0n) is 14.8. The molecule has 0 spiro atoms. The van der Waals surface area contributed by atoms with Gasteiger partial charge in [-0.05, 0) is 17.7 Å². The lowest BCUT2D eigenvalue weighted by Gasteiger charge is -2.09. The summed E-state index contributed by atoms with van der Waals surface area (Å²) in [5.74, 6) is 0.851. The Morgan fingerprint density at radius 2 is 1.96 bits per heavy atom. The summed E-state index contributed by atoms with van der Waals surface area (Å²) >= 11 is 0. The van der Waals surface area contributed by atoms with E-state index in [2.05, 4.69) is 25.5 Å². The molecule has 8 nitrogen and oxygen atoms in total. The Bertz CT molecular complexity index is 1110. The second-order valence-corrected chi connectivity index (χ2v) is 6.15. The molecule has 0 aliphatic rings. The zero-order chi connectivity index (χ0) is 19.3. The molecule has 140 valence electrons. The molecule has 0 atom stereocenters. The van der Waals surface area contributed by atoms with Gasteiger partial charge in [0, 0.05) is 23.2 Å². The Hall–Kier alpha value is -3.94. The molecule has 0 aliphatic heterocycles. The van der Waals surface area contributed by atoms with Gasteiger partial charge in [0.2, 0.25) is 0 Å². The average molecular weight is 375 g/mol. The predicted molar refractivity (Wildman–Crippen MR) is 104 cm³/mol. The van der Waals surface area contributed by atoms with Gasteiger partial charge in [-0.15, -0.1) is 0 Å². The van der Waals surface area contributed by atoms with Crippen molar-refractivity contribution in [3.63, 3.8) is 0 Å². The van der Waals surface area contributed by atoms with Gasteiger partial charge in [0.1, 0.15) is 24.5 Å². The second-order valence-electron chi connectivity index (χ2n) is 6.15. The number of carboxylic acid groups (broad SMARTS) is 1. The van der Waals surface area contributed by atoms with Crippen molar-refractivity contribution in [3.05, 3.63) is 72.2 Å². The molecule has 0 saturated heterocycles. The first-order valence-corrected chi connectivity index (χ1v) is 8.62. The summed E-state index contributed by atoms with van der Waals surface area (Å²) in [7, 11) is 0. The summed E-state index contributed by atoms with van der Waals surface area (Å²) in [6, 6.07) is 17.2. The molecule has 0 bridgehead atoms. The number of benzene rings is 2. The van der Waals surface area contributed by atoms with Crippen LogP contribution in [0.2, 0.25) is 0 Å². The van der Waals surface area contributed by atoms with Crippen LogP contribution in [0.1, 0.15) is 11.3 Å². The molecule has 0 fully saturated rings. The fourth-order valence-electron chi connectivity index (χ4n) is 2.77. The molecule has 0 unspecified atom stereocenters. The van der Waals surface area contributed by atoms with Crippen LogP contribution in [0.3, 0.4) is 0 Å². The van der Waals surface area contributed by atoms with Crippen molar-refractivity contribution in [1.29, 1.82) is 0 Å². The van der Waals surface area contributed by atoms with Gasteiger partial charge < -0.3 is 15.2 Å². The van der Waals surface area contributed by atoms with E-state index in [1.54, 1.807) is 6.07 Å². The van der Waals surface area contributed by atoms with Gasteiger partial charge >= 0.3 is 5.97 Å². The minimum Gasteiger partial charge on any atom is -0.489 e. The van der Waals surface area contributed by atoms with E-state index in [1.165, 1.54) is 6.33 Å². The first kappa shape index (κ1) is 17.5. The third kappa shape index (κ3) is 4.07. The highest BCUT2D eigenvalue weighted by molar-refractivity contribution is 5.91. The molecule has 0 saturated carbocycles. The lowest BCUT2D eigenvalue weighted by Crippen LogP contribution is -1.99. The van der Waals surface area contributed by atoms with Crippen LogP contribution in [0.4, 0.5) is 11.6 Å². The SMILES string of the molecule is O=C(O)Cc1cc(Nc2ncnc3cc(OCc4ccccc4)ccc23)n[nH]1. The number of carbonyl (C=O) groups is 1. The third-order valence-electron chi connectivity index (χ3n) is 4.08. The number of aromatic nitrogens is 4. The standard InChI is InChI=1S/C20H17N5O3/c26-19(27)9-14-8-18(25-24-14)23-20-16-7-6-15(10-17(16)21-12-22-20)28-11-13-4-2-1-3-5-13/h1-8,10,12H,9,11H2,(H,26,27)(H2,21,22,23,24,25). The number of carboxylic acids is 1. The van der Waals surface area contributed by atoms with Crippen molar-refractivity contribution in [2.45, 2.75) is 13.0 Å². The minimum atomic E-state index is -0.925. The molecule has 0 amide bonds. The highest BCUT2D eigenvalue weighted by atomic mass is 16.5. The Morgan fingerprint density at radius 3 is 2.79 bits per heavy atom. The average Bonchev–Trinajstić information content (AvgIpc) is 3.13. The number of fused-ring (bicyclic) bond motifs is 1. The Morgan fingerprint density at radius 1 is 1.11 bits per heavy atom. The summed E-state index contributed by atoms with van der Waals surface area (Å²) in [6.07, 6.45) is 1.33. The van der Waals surface area contributed by atoms with Crippen LogP contribution in [0.5, 0.6) is 5.75 Å². The van der Waals surface area contributed by atoms with Gasteiger partial charge in [0.15, 0.2) is 5.82 Å². The minimum absolute atomic E-state index is 0.124. The number of aliphatic carboxylic acids is 1. The van der Waals surface area contributed by atoms with Gasteiger partial charge in [0.25, 0.3) is 0 Å². The van der Waals surface area contributed by atoms with E-state index in [1.807, 2.05) is 48.5 Å². The number of anilines is 2. The van der Waals surface area contributed by atoms with Gasteiger partial charge in [-0.25, -0.2) is 9.97 Å². The molecular formula is C20H17N5O3. The summed E-state index contributed by atoms with van der Waals surface area (Å²) in [6.45, 7) is 0.474. The number of nitrogens with zero attached hydrogens (tertiary/aromatic N) is 3. The quantitative estimate of drug-likeness (QED) is 0.454. The zero-order valence-corrected chi connectivity index (χ0v) is 14.8. The van der Waals surface area contributed by atoms with Crippen LogP contribution in [-0.2, 0) is 17.8 Å².